The van der Waals surface area contributed by atoms with Gasteiger partial charge < -0.3 is 8.85 Å². The van der Waals surface area contributed by atoms with Gasteiger partial charge in [-0.05, 0) is 39.8 Å². The van der Waals surface area contributed by atoms with E-state index in [-0.39, 0.29) is 0 Å². The Morgan fingerprint density at radius 1 is 0.867 bits per heavy atom. The summed E-state index contributed by atoms with van der Waals surface area (Å²) in [6.07, 6.45) is 5.28. The molecule has 0 saturated heterocycles. The summed E-state index contributed by atoms with van der Waals surface area (Å²) in [6.45, 7) is 13.0. The molecule has 0 amide bonds. The minimum Gasteiger partial charge on any atom is -0.392 e. The Balaban J connectivity index is 3.94. The molecule has 0 aromatic heterocycles. The maximum Gasteiger partial charge on any atom is 0.332 e. The summed E-state index contributed by atoms with van der Waals surface area (Å²) in [5.74, 6) is 0. The van der Waals surface area contributed by atoms with Gasteiger partial charge in [-0.1, -0.05) is 26.7 Å². The molecule has 2 unspecified atom stereocenters. The molecule has 0 rings (SSSR count). The molecule has 2 nitrogen and oxygen atoms in total. The second kappa shape index (κ2) is 7.42. The van der Waals surface area contributed by atoms with E-state index in [0.29, 0.717) is 12.2 Å². The zero-order valence-corrected chi connectivity index (χ0v) is 12.3. The maximum atomic E-state index is 6.01. The van der Waals surface area contributed by atoms with E-state index in [4.69, 9.17) is 8.85 Å². The highest BCUT2D eigenvalue weighted by atomic mass is 28.4. The van der Waals surface area contributed by atoms with Gasteiger partial charge in [-0.3, -0.25) is 0 Å². The number of hydrogen-bond acceptors (Lipinski definition) is 2. The summed E-state index contributed by atoms with van der Waals surface area (Å²) in [7, 11) is -1.90. The zero-order chi connectivity index (χ0) is 11.9. The third-order valence-corrected chi connectivity index (χ3v) is 4.30. The highest BCUT2D eigenvalue weighted by molar-refractivity contribution is 6.64. The second-order valence-corrected chi connectivity index (χ2v) is 8.11. The van der Waals surface area contributed by atoms with Crippen molar-refractivity contribution in [2.24, 2.45) is 0 Å². The van der Waals surface area contributed by atoms with Gasteiger partial charge in [-0.2, -0.15) is 0 Å². The Labute approximate surface area is 96.6 Å². The Morgan fingerprint density at radius 2 is 1.20 bits per heavy atom. The van der Waals surface area contributed by atoms with E-state index >= 15 is 0 Å². The van der Waals surface area contributed by atoms with Crippen molar-refractivity contribution in [1.29, 1.82) is 0 Å². The Bertz CT molecular complexity index is 144. The summed E-state index contributed by atoms with van der Waals surface area (Å²) in [5, 5.41) is 0. The van der Waals surface area contributed by atoms with Crippen LogP contribution in [0.1, 0.15) is 53.4 Å². The minimum absolute atomic E-state index is 0.338. The molecule has 3 heteroatoms. The third kappa shape index (κ3) is 8.00. The molecule has 0 saturated carbocycles. The quantitative estimate of drug-likeness (QED) is 0.587. The summed E-state index contributed by atoms with van der Waals surface area (Å²) < 4.78 is 12.0. The second-order valence-electron chi connectivity index (χ2n) is 4.83. The molecule has 15 heavy (non-hydrogen) atoms. The average Bonchev–Trinajstić information content (AvgIpc) is 2.01. The fourth-order valence-electron chi connectivity index (χ4n) is 1.93. The predicted octanol–water partition coefficient (Wildman–Crippen LogP) is 4.10. The summed E-state index contributed by atoms with van der Waals surface area (Å²) in [6, 6.07) is 0. The van der Waals surface area contributed by atoms with Crippen LogP contribution < -0.4 is 0 Å². The van der Waals surface area contributed by atoms with Crippen molar-refractivity contribution in [1.82, 2.24) is 0 Å². The SMILES string of the molecule is CCCC(C)O[Si](C)(C)OC(C)CCC. The van der Waals surface area contributed by atoms with Crippen LogP contribution in [0, 0.1) is 0 Å². The molecule has 0 aliphatic heterocycles. The molecule has 0 fully saturated rings. The van der Waals surface area contributed by atoms with E-state index in [1.54, 1.807) is 0 Å². The van der Waals surface area contributed by atoms with Gasteiger partial charge in [0.2, 0.25) is 0 Å². The molecule has 0 spiro atoms. The van der Waals surface area contributed by atoms with Crippen LogP contribution in [0.25, 0.3) is 0 Å². The fraction of sp³-hybridized carbons (Fsp3) is 1.00. The molecule has 2 atom stereocenters. The number of rotatable bonds is 8. The monoisotopic (exact) mass is 232 g/mol. The Hall–Kier alpha value is 0.137. The van der Waals surface area contributed by atoms with Gasteiger partial charge in [0.25, 0.3) is 0 Å². The van der Waals surface area contributed by atoms with Crippen LogP contribution in [0.2, 0.25) is 13.1 Å². The van der Waals surface area contributed by atoms with E-state index in [1.807, 2.05) is 0 Å². The smallest absolute Gasteiger partial charge is 0.332 e. The zero-order valence-electron chi connectivity index (χ0n) is 11.3. The Morgan fingerprint density at radius 3 is 1.47 bits per heavy atom. The van der Waals surface area contributed by atoms with Crippen LogP contribution in [-0.4, -0.2) is 20.8 Å². The first kappa shape index (κ1) is 15.1. The van der Waals surface area contributed by atoms with E-state index in [2.05, 4.69) is 40.8 Å². The third-order valence-electron chi connectivity index (χ3n) is 2.36. The average molecular weight is 232 g/mol. The molecule has 0 N–H and O–H groups in total. The van der Waals surface area contributed by atoms with Gasteiger partial charge in [-0.15, -0.1) is 0 Å². The summed E-state index contributed by atoms with van der Waals surface area (Å²) >= 11 is 0. The van der Waals surface area contributed by atoms with Crippen molar-refractivity contribution in [3.8, 4) is 0 Å². The van der Waals surface area contributed by atoms with Crippen LogP contribution in [0.4, 0.5) is 0 Å². The Kier molecular flexibility index (Phi) is 7.48. The highest BCUT2D eigenvalue weighted by Gasteiger charge is 2.28. The van der Waals surface area contributed by atoms with Crippen LogP contribution in [-0.2, 0) is 8.85 Å². The van der Waals surface area contributed by atoms with Gasteiger partial charge >= 0.3 is 8.56 Å². The van der Waals surface area contributed by atoms with Gasteiger partial charge in [0, 0.05) is 12.2 Å². The summed E-state index contributed by atoms with van der Waals surface area (Å²) in [5.41, 5.74) is 0. The molecule has 0 radical (unpaired) electrons. The first-order chi connectivity index (χ1) is 6.91. The fourth-order valence-corrected chi connectivity index (χ4v) is 4.16. The lowest BCUT2D eigenvalue weighted by atomic mass is 10.2. The molecular formula is C12H28O2Si. The molecule has 0 aromatic carbocycles. The minimum atomic E-state index is -1.90. The molecule has 0 heterocycles. The largest absolute Gasteiger partial charge is 0.392 e. The van der Waals surface area contributed by atoms with E-state index in [9.17, 15) is 0 Å². The van der Waals surface area contributed by atoms with Gasteiger partial charge in [0.1, 0.15) is 0 Å². The van der Waals surface area contributed by atoms with Crippen LogP contribution >= 0.6 is 0 Å². The summed E-state index contributed by atoms with van der Waals surface area (Å²) in [4.78, 5) is 0. The lowest BCUT2D eigenvalue weighted by Gasteiger charge is -2.29. The van der Waals surface area contributed by atoms with Crippen molar-refractivity contribution >= 4 is 8.56 Å². The first-order valence-corrected chi connectivity index (χ1v) is 9.08. The molecule has 0 bridgehead atoms. The first-order valence-electron chi connectivity index (χ1n) is 6.27. The van der Waals surface area contributed by atoms with Crippen molar-refractivity contribution in [2.75, 3.05) is 0 Å². The standard InChI is InChI=1S/C12H28O2Si/c1-7-9-11(3)13-15(5,6)14-12(4)10-8-2/h11-12H,7-10H2,1-6H3. The van der Waals surface area contributed by atoms with Gasteiger partial charge in [0.05, 0.1) is 0 Å². The molecule has 0 aromatic rings. The normalized spacial score (nSPS) is 16.4. The van der Waals surface area contributed by atoms with Crippen molar-refractivity contribution in [3.63, 3.8) is 0 Å². The highest BCUT2D eigenvalue weighted by Crippen LogP contribution is 2.16. The van der Waals surface area contributed by atoms with Gasteiger partial charge in [0.15, 0.2) is 0 Å². The topological polar surface area (TPSA) is 18.5 Å². The van der Waals surface area contributed by atoms with Gasteiger partial charge in [-0.25, -0.2) is 0 Å². The van der Waals surface area contributed by atoms with Crippen molar-refractivity contribution in [3.05, 3.63) is 0 Å². The van der Waals surface area contributed by atoms with Crippen LogP contribution in [0.5, 0.6) is 0 Å². The van der Waals surface area contributed by atoms with Crippen LogP contribution in [0.3, 0.4) is 0 Å². The number of hydrogen-bond donors (Lipinski definition) is 0. The van der Waals surface area contributed by atoms with E-state index < -0.39 is 8.56 Å². The predicted molar refractivity (Wildman–Crippen MR) is 68.4 cm³/mol. The molecule has 92 valence electrons. The molecule has 0 aliphatic rings. The van der Waals surface area contributed by atoms with Crippen molar-refractivity contribution in [2.45, 2.75) is 78.7 Å². The van der Waals surface area contributed by atoms with Crippen LogP contribution in [0.15, 0.2) is 0 Å². The van der Waals surface area contributed by atoms with Crippen molar-refractivity contribution < 1.29 is 8.85 Å². The van der Waals surface area contributed by atoms with E-state index in [0.717, 1.165) is 12.8 Å². The molecule has 0 aliphatic carbocycles. The maximum absolute atomic E-state index is 6.01. The lowest BCUT2D eigenvalue weighted by Crippen LogP contribution is -2.40. The molecular weight excluding hydrogens is 204 g/mol. The van der Waals surface area contributed by atoms with E-state index in [1.165, 1.54) is 12.8 Å². The lowest BCUT2D eigenvalue weighted by molar-refractivity contribution is 0.0913.